The van der Waals surface area contributed by atoms with Crippen molar-refractivity contribution in [1.29, 1.82) is 0 Å². The summed E-state index contributed by atoms with van der Waals surface area (Å²) < 4.78 is 5.94. The van der Waals surface area contributed by atoms with Crippen LogP contribution in [0.2, 0.25) is 0 Å². The van der Waals surface area contributed by atoms with Crippen molar-refractivity contribution >= 4 is 0 Å². The molecule has 1 N–H and O–H groups in total. The van der Waals surface area contributed by atoms with E-state index in [1.807, 2.05) is 0 Å². The lowest BCUT2D eigenvalue weighted by Gasteiger charge is -2.26. The molecule has 0 aromatic heterocycles. The van der Waals surface area contributed by atoms with Gasteiger partial charge in [-0.1, -0.05) is 31.9 Å². The molecule has 1 aromatic rings. The van der Waals surface area contributed by atoms with Gasteiger partial charge in [-0.25, -0.2) is 0 Å². The molecule has 2 heteroatoms. The SMILES string of the molecule is CC1CCC(CNCc2ccc3c(c2)CC(C)(C)O3)CC1. The van der Waals surface area contributed by atoms with Crippen LogP contribution < -0.4 is 10.1 Å². The Morgan fingerprint density at radius 2 is 1.95 bits per heavy atom. The molecule has 3 rings (SSSR count). The minimum atomic E-state index is -0.0345. The lowest BCUT2D eigenvalue weighted by molar-refractivity contribution is 0.138. The quantitative estimate of drug-likeness (QED) is 0.890. The molecule has 0 saturated heterocycles. The van der Waals surface area contributed by atoms with Crippen LogP contribution in [-0.2, 0) is 13.0 Å². The fourth-order valence-corrected chi connectivity index (χ4v) is 3.73. The van der Waals surface area contributed by atoms with E-state index in [-0.39, 0.29) is 5.60 Å². The highest BCUT2D eigenvalue weighted by Crippen LogP contribution is 2.35. The van der Waals surface area contributed by atoms with Gasteiger partial charge in [-0.05, 0) is 62.3 Å². The molecule has 116 valence electrons. The molecule has 0 amide bonds. The maximum Gasteiger partial charge on any atom is 0.123 e. The minimum absolute atomic E-state index is 0.0345. The molecule has 0 bridgehead atoms. The highest BCUT2D eigenvalue weighted by atomic mass is 16.5. The Morgan fingerprint density at radius 3 is 2.71 bits per heavy atom. The van der Waals surface area contributed by atoms with Crippen LogP contribution in [0.3, 0.4) is 0 Å². The topological polar surface area (TPSA) is 21.3 Å². The zero-order valence-electron chi connectivity index (χ0n) is 13.7. The van der Waals surface area contributed by atoms with Crippen molar-refractivity contribution in [3.63, 3.8) is 0 Å². The Labute approximate surface area is 129 Å². The van der Waals surface area contributed by atoms with Crippen LogP contribution in [0.4, 0.5) is 0 Å². The van der Waals surface area contributed by atoms with E-state index in [9.17, 15) is 0 Å². The van der Waals surface area contributed by atoms with Crippen LogP contribution in [0.15, 0.2) is 18.2 Å². The second-order valence-electron chi connectivity index (χ2n) is 7.74. The maximum atomic E-state index is 5.94. The van der Waals surface area contributed by atoms with E-state index in [1.165, 1.54) is 43.4 Å². The number of hydrogen-bond acceptors (Lipinski definition) is 2. The van der Waals surface area contributed by atoms with Gasteiger partial charge in [0.05, 0.1) is 0 Å². The number of fused-ring (bicyclic) bond motifs is 1. The Kier molecular flexibility index (Phi) is 4.26. The number of nitrogens with one attached hydrogen (secondary N) is 1. The molecule has 1 heterocycles. The van der Waals surface area contributed by atoms with Crippen LogP contribution >= 0.6 is 0 Å². The van der Waals surface area contributed by atoms with E-state index in [0.29, 0.717) is 0 Å². The van der Waals surface area contributed by atoms with Crippen molar-refractivity contribution in [1.82, 2.24) is 5.32 Å². The molecule has 1 fully saturated rings. The molecule has 21 heavy (non-hydrogen) atoms. The van der Waals surface area contributed by atoms with Gasteiger partial charge < -0.3 is 10.1 Å². The van der Waals surface area contributed by atoms with Crippen molar-refractivity contribution < 1.29 is 4.74 Å². The van der Waals surface area contributed by atoms with Gasteiger partial charge in [-0.2, -0.15) is 0 Å². The third-order valence-electron chi connectivity index (χ3n) is 5.02. The summed E-state index contributed by atoms with van der Waals surface area (Å²) in [5, 5.41) is 3.66. The molecule has 2 nitrogen and oxygen atoms in total. The second kappa shape index (κ2) is 6.00. The molecule has 1 saturated carbocycles. The molecular weight excluding hydrogens is 258 g/mol. The summed E-state index contributed by atoms with van der Waals surface area (Å²) in [5.41, 5.74) is 2.72. The van der Waals surface area contributed by atoms with Crippen molar-refractivity contribution in [2.24, 2.45) is 11.8 Å². The zero-order chi connectivity index (χ0) is 14.9. The van der Waals surface area contributed by atoms with Gasteiger partial charge in [0.25, 0.3) is 0 Å². The molecule has 1 aliphatic carbocycles. The Bertz CT molecular complexity index is 486. The Morgan fingerprint density at radius 1 is 1.19 bits per heavy atom. The van der Waals surface area contributed by atoms with Gasteiger partial charge in [0.1, 0.15) is 11.4 Å². The molecule has 0 atom stereocenters. The fourth-order valence-electron chi connectivity index (χ4n) is 3.73. The first-order valence-electron chi connectivity index (χ1n) is 8.53. The number of hydrogen-bond donors (Lipinski definition) is 1. The third-order valence-corrected chi connectivity index (χ3v) is 5.02. The zero-order valence-corrected chi connectivity index (χ0v) is 13.7. The van der Waals surface area contributed by atoms with Gasteiger partial charge >= 0.3 is 0 Å². The molecule has 0 spiro atoms. The maximum absolute atomic E-state index is 5.94. The standard InChI is InChI=1S/C19H29NO/c1-14-4-6-15(7-5-14)12-20-13-16-8-9-18-17(10-16)11-19(2,3)21-18/h8-10,14-15,20H,4-7,11-13H2,1-3H3. The van der Waals surface area contributed by atoms with Gasteiger partial charge in [-0.15, -0.1) is 0 Å². The molecule has 0 unspecified atom stereocenters. The van der Waals surface area contributed by atoms with E-state index in [0.717, 1.165) is 30.6 Å². The largest absolute Gasteiger partial charge is 0.487 e. The first-order chi connectivity index (χ1) is 10.0. The van der Waals surface area contributed by atoms with Gasteiger partial charge in [0.15, 0.2) is 0 Å². The number of ether oxygens (including phenoxy) is 1. The summed E-state index contributed by atoms with van der Waals surface area (Å²) in [6, 6.07) is 6.67. The minimum Gasteiger partial charge on any atom is -0.487 e. The van der Waals surface area contributed by atoms with Gasteiger partial charge in [0.2, 0.25) is 0 Å². The smallest absolute Gasteiger partial charge is 0.123 e. The summed E-state index contributed by atoms with van der Waals surface area (Å²) in [6.07, 6.45) is 6.66. The molecular formula is C19H29NO. The van der Waals surface area contributed by atoms with Crippen LogP contribution in [0, 0.1) is 11.8 Å². The Balaban J connectivity index is 1.48. The average molecular weight is 287 g/mol. The summed E-state index contributed by atoms with van der Waals surface area (Å²) in [5.74, 6) is 2.91. The van der Waals surface area contributed by atoms with E-state index < -0.39 is 0 Å². The van der Waals surface area contributed by atoms with E-state index in [1.54, 1.807) is 0 Å². The predicted octanol–water partition coefficient (Wildman–Crippen LogP) is 4.32. The first kappa shape index (κ1) is 14.9. The van der Waals surface area contributed by atoms with Crippen LogP contribution in [-0.4, -0.2) is 12.1 Å². The van der Waals surface area contributed by atoms with Gasteiger partial charge in [-0.3, -0.25) is 0 Å². The van der Waals surface area contributed by atoms with E-state index in [2.05, 4.69) is 44.3 Å². The first-order valence-corrected chi connectivity index (χ1v) is 8.53. The van der Waals surface area contributed by atoms with E-state index in [4.69, 9.17) is 4.74 Å². The summed E-state index contributed by atoms with van der Waals surface area (Å²) in [4.78, 5) is 0. The average Bonchev–Trinajstić information content (AvgIpc) is 2.74. The summed E-state index contributed by atoms with van der Waals surface area (Å²) in [6.45, 7) is 8.87. The third kappa shape index (κ3) is 3.79. The van der Waals surface area contributed by atoms with Gasteiger partial charge in [0, 0.05) is 13.0 Å². The van der Waals surface area contributed by atoms with Crippen molar-refractivity contribution in [3.8, 4) is 5.75 Å². The fraction of sp³-hybridized carbons (Fsp3) is 0.684. The van der Waals surface area contributed by atoms with Crippen LogP contribution in [0.25, 0.3) is 0 Å². The highest BCUT2D eigenvalue weighted by molar-refractivity contribution is 5.41. The second-order valence-corrected chi connectivity index (χ2v) is 7.74. The van der Waals surface area contributed by atoms with Crippen molar-refractivity contribution in [2.45, 2.75) is 65.0 Å². The molecule has 2 aliphatic rings. The number of benzene rings is 1. The lowest BCUT2D eigenvalue weighted by Crippen LogP contribution is -2.25. The molecule has 0 radical (unpaired) electrons. The van der Waals surface area contributed by atoms with Crippen LogP contribution in [0.1, 0.15) is 57.6 Å². The monoisotopic (exact) mass is 287 g/mol. The van der Waals surface area contributed by atoms with Crippen LogP contribution in [0.5, 0.6) is 5.75 Å². The highest BCUT2D eigenvalue weighted by Gasteiger charge is 2.29. The predicted molar refractivity (Wildman–Crippen MR) is 87.7 cm³/mol. The summed E-state index contributed by atoms with van der Waals surface area (Å²) >= 11 is 0. The normalized spacial score (nSPS) is 27.2. The molecule has 1 aliphatic heterocycles. The number of rotatable bonds is 4. The molecule has 1 aromatic carbocycles. The van der Waals surface area contributed by atoms with Crippen molar-refractivity contribution in [3.05, 3.63) is 29.3 Å². The van der Waals surface area contributed by atoms with Crippen molar-refractivity contribution in [2.75, 3.05) is 6.54 Å². The lowest BCUT2D eigenvalue weighted by atomic mass is 9.83. The summed E-state index contributed by atoms with van der Waals surface area (Å²) in [7, 11) is 0. The van der Waals surface area contributed by atoms with E-state index >= 15 is 0 Å². The Hall–Kier alpha value is -1.02.